The molecule has 196 valence electrons. The number of amides is 2. The van der Waals surface area contributed by atoms with Crippen molar-refractivity contribution in [1.29, 1.82) is 0 Å². The molecule has 0 saturated carbocycles. The highest BCUT2D eigenvalue weighted by Crippen LogP contribution is 2.35. The number of ether oxygens (including phenoxy) is 2. The number of nitrogens with one attached hydrogen (secondary N) is 1. The Labute approximate surface area is 226 Å². The highest BCUT2D eigenvalue weighted by molar-refractivity contribution is 7.10. The molecule has 0 fully saturated rings. The second kappa shape index (κ2) is 10.5. The van der Waals surface area contributed by atoms with E-state index < -0.39 is 11.9 Å². The van der Waals surface area contributed by atoms with Gasteiger partial charge in [0.25, 0.3) is 5.91 Å². The number of aromatic nitrogens is 3. The molecule has 0 aliphatic carbocycles. The fraction of sp³-hybridized carbons (Fsp3) is 0.143. The molecule has 0 saturated heterocycles. The SMILES string of the molecule is O=C(Nc1ccc2c(c1)OCO2)[C@@H](c1cccs1)N(Cc1ccc(F)cc1)C(=O)Cn1nnc2ccccc21. The van der Waals surface area contributed by atoms with Crippen LogP contribution in [0.25, 0.3) is 11.0 Å². The molecule has 3 aromatic carbocycles. The van der Waals surface area contributed by atoms with Crippen molar-refractivity contribution in [3.8, 4) is 11.5 Å². The molecule has 0 spiro atoms. The first kappa shape index (κ1) is 24.6. The van der Waals surface area contributed by atoms with Gasteiger partial charge in [-0.15, -0.1) is 16.4 Å². The topological polar surface area (TPSA) is 98.6 Å². The number of benzene rings is 3. The van der Waals surface area contributed by atoms with Gasteiger partial charge in [0.05, 0.1) is 5.52 Å². The fourth-order valence-electron chi connectivity index (χ4n) is 4.42. The number of para-hydroxylation sites is 1. The van der Waals surface area contributed by atoms with Gasteiger partial charge in [-0.05, 0) is 53.4 Å². The second-order valence-electron chi connectivity index (χ2n) is 8.86. The lowest BCUT2D eigenvalue weighted by Crippen LogP contribution is -2.42. The van der Waals surface area contributed by atoms with Gasteiger partial charge in [0.2, 0.25) is 12.7 Å². The van der Waals surface area contributed by atoms with Crippen molar-refractivity contribution in [3.05, 3.63) is 101 Å². The summed E-state index contributed by atoms with van der Waals surface area (Å²) in [5, 5.41) is 13.1. The third kappa shape index (κ3) is 5.16. The first-order chi connectivity index (χ1) is 19.0. The Balaban J connectivity index is 1.35. The van der Waals surface area contributed by atoms with Crippen molar-refractivity contribution < 1.29 is 23.5 Å². The Morgan fingerprint density at radius 3 is 2.67 bits per heavy atom. The van der Waals surface area contributed by atoms with Crippen LogP contribution in [0.1, 0.15) is 16.5 Å². The summed E-state index contributed by atoms with van der Waals surface area (Å²) in [6.07, 6.45) is 0. The first-order valence-electron chi connectivity index (χ1n) is 12.1. The maximum absolute atomic E-state index is 13.9. The number of thiophene rings is 1. The van der Waals surface area contributed by atoms with Crippen LogP contribution >= 0.6 is 11.3 Å². The Bertz CT molecular complexity index is 1640. The molecule has 3 heterocycles. The van der Waals surface area contributed by atoms with Crippen molar-refractivity contribution in [2.45, 2.75) is 19.1 Å². The van der Waals surface area contributed by atoms with Crippen molar-refractivity contribution in [1.82, 2.24) is 19.9 Å². The predicted molar refractivity (Wildman–Crippen MR) is 143 cm³/mol. The molecule has 1 aliphatic rings. The average Bonchev–Trinajstić information content (AvgIpc) is 3.71. The molecule has 39 heavy (non-hydrogen) atoms. The van der Waals surface area contributed by atoms with Gasteiger partial charge in [0.1, 0.15) is 23.9 Å². The lowest BCUT2D eigenvalue weighted by molar-refractivity contribution is -0.140. The third-order valence-corrected chi connectivity index (χ3v) is 7.23. The Hall–Kier alpha value is -4.77. The van der Waals surface area contributed by atoms with Gasteiger partial charge in [0, 0.05) is 23.2 Å². The van der Waals surface area contributed by atoms with E-state index in [1.54, 1.807) is 30.3 Å². The molecule has 5 aromatic rings. The average molecular weight is 544 g/mol. The Morgan fingerprint density at radius 2 is 1.85 bits per heavy atom. The Morgan fingerprint density at radius 1 is 1.03 bits per heavy atom. The van der Waals surface area contributed by atoms with Crippen molar-refractivity contribution in [2.24, 2.45) is 0 Å². The minimum atomic E-state index is -0.970. The van der Waals surface area contributed by atoms with Gasteiger partial charge >= 0.3 is 0 Å². The number of hydrogen-bond acceptors (Lipinski definition) is 7. The lowest BCUT2D eigenvalue weighted by atomic mass is 10.1. The van der Waals surface area contributed by atoms with Crippen LogP contribution < -0.4 is 14.8 Å². The van der Waals surface area contributed by atoms with Crippen LogP contribution in [-0.2, 0) is 22.7 Å². The normalized spacial score (nSPS) is 12.8. The molecule has 11 heteroatoms. The smallest absolute Gasteiger partial charge is 0.252 e. The zero-order valence-electron chi connectivity index (χ0n) is 20.5. The van der Waals surface area contributed by atoms with Gasteiger partial charge in [0.15, 0.2) is 11.5 Å². The summed E-state index contributed by atoms with van der Waals surface area (Å²) < 4.78 is 26.0. The summed E-state index contributed by atoms with van der Waals surface area (Å²) in [7, 11) is 0. The van der Waals surface area contributed by atoms with E-state index in [1.165, 1.54) is 33.1 Å². The number of hydrogen-bond donors (Lipinski definition) is 1. The molecular weight excluding hydrogens is 521 g/mol. The number of anilines is 1. The van der Waals surface area contributed by atoms with Crippen molar-refractivity contribution >= 4 is 39.9 Å². The maximum Gasteiger partial charge on any atom is 0.252 e. The van der Waals surface area contributed by atoms with Crippen LogP contribution in [0.5, 0.6) is 11.5 Å². The quantitative estimate of drug-likeness (QED) is 0.303. The summed E-state index contributed by atoms with van der Waals surface area (Å²) in [5.41, 5.74) is 2.53. The van der Waals surface area contributed by atoms with Crippen molar-refractivity contribution in [2.75, 3.05) is 12.1 Å². The number of fused-ring (bicyclic) bond motifs is 2. The van der Waals surface area contributed by atoms with E-state index in [0.717, 1.165) is 0 Å². The number of halogens is 1. The van der Waals surface area contributed by atoms with E-state index in [2.05, 4.69) is 15.6 Å². The monoisotopic (exact) mass is 543 g/mol. The van der Waals surface area contributed by atoms with Gasteiger partial charge in [-0.25, -0.2) is 9.07 Å². The van der Waals surface area contributed by atoms with Gasteiger partial charge in [-0.2, -0.15) is 0 Å². The van der Waals surface area contributed by atoms with Crippen LogP contribution in [-0.4, -0.2) is 38.5 Å². The highest BCUT2D eigenvalue weighted by Gasteiger charge is 2.33. The fourth-order valence-corrected chi connectivity index (χ4v) is 5.25. The van der Waals surface area contributed by atoms with E-state index in [0.29, 0.717) is 38.7 Å². The third-order valence-electron chi connectivity index (χ3n) is 6.30. The maximum atomic E-state index is 13.9. The Kier molecular flexibility index (Phi) is 6.64. The minimum Gasteiger partial charge on any atom is -0.454 e. The van der Waals surface area contributed by atoms with Crippen LogP contribution in [0.15, 0.2) is 84.2 Å². The first-order valence-corrected chi connectivity index (χ1v) is 13.0. The summed E-state index contributed by atoms with van der Waals surface area (Å²) in [6.45, 7) is 0.0469. The highest BCUT2D eigenvalue weighted by atomic mass is 32.1. The number of carbonyl (C=O) groups excluding carboxylic acids is 2. The molecule has 2 amide bonds. The lowest BCUT2D eigenvalue weighted by Gasteiger charge is -2.30. The van der Waals surface area contributed by atoms with Gasteiger partial charge in [-0.1, -0.05) is 35.5 Å². The van der Waals surface area contributed by atoms with Crippen LogP contribution in [0, 0.1) is 5.82 Å². The zero-order chi connectivity index (χ0) is 26.8. The molecule has 2 aromatic heterocycles. The molecular formula is C28H22FN5O4S. The molecule has 0 radical (unpaired) electrons. The molecule has 1 aliphatic heterocycles. The largest absolute Gasteiger partial charge is 0.454 e. The predicted octanol–water partition coefficient (Wildman–Crippen LogP) is 4.77. The van der Waals surface area contributed by atoms with Crippen LogP contribution in [0.4, 0.5) is 10.1 Å². The van der Waals surface area contributed by atoms with Crippen LogP contribution in [0.2, 0.25) is 0 Å². The van der Waals surface area contributed by atoms with E-state index in [-0.39, 0.29) is 31.6 Å². The number of nitrogens with zero attached hydrogens (tertiary/aromatic N) is 4. The molecule has 0 unspecified atom stereocenters. The standard InChI is InChI=1S/C28H22FN5O4S/c29-19-9-7-18(8-10-19)15-33(26(35)16-34-22-5-2-1-4-21(22)31-32-34)27(25-6-3-13-39-25)28(36)30-20-11-12-23-24(14-20)38-17-37-23/h1-14,27H,15-17H2,(H,30,36)/t27-/m1/s1. The van der Waals surface area contributed by atoms with E-state index in [4.69, 9.17) is 9.47 Å². The molecule has 1 N–H and O–H groups in total. The van der Waals surface area contributed by atoms with Gasteiger partial charge in [-0.3, -0.25) is 9.59 Å². The summed E-state index contributed by atoms with van der Waals surface area (Å²) in [6, 6.07) is 21.0. The zero-order valence-corrected chi connectivity index (χ0v) is 21.3. The molecule has 0 bridgehead atoms. The van der Waals surface area contributed by atoms with Crippen LogP contribution in [0.3, 0.4) is 0 Å². The minimum absolute atomic E-state index is 0.0723. The number of carbonyl (C=O) groups is 2. The van der Waals surface area contributed by atoms with Crippen molar-refractivity contribution in [3.63, 3.8) is 0 Å². The van der Waals surface area contributed by atoms with E-state index in [1.807, 2.05) is 41.8 Å². The van der Waals surface area contributed by atoms with Gasteiger partial charge < -0.3 is 19.7 Å². The molecule has 1 atom stereocenters. The van der Waals surface area contributed by atoms with E-state index in [9.17, 15) is 14.0 Å². The van der Waals surface area contributed by atoms with E-state index >= 15 is 0 Å². The molecule has 6 rings (SSSR count). The molecule has 9 nitrogen and oxygen atoms in total. The summed E-state index contributed by atoms with van der Waals surface area (Å²) in [4.78, 5) is 29.9. The summed E-state index contributed by atoms with van der Waals surface area (Å²) in [5.74, 6) is -0.0285. The summed E-state index contributed by atoms with van der Waals surface area (Å²) >= 11 is 1.37. The number of rotatable bonds is 8. The second-order valence-corrected chi connectivity index (χ2v) is 9.84.